The van der Waals surface area contributed by atoms with Crippen LogP contribution in [0.3, 0.4) is 0 Å². The Hall–Kier alpha value is -1.67. The van der Waals surface area contributed by atoms with Gasteiger partial charge in [0.2, 0.25) is 0 Å². The van der Waals surface area contributed by atoms with E-state index in [0.717, 1.165) is 6.07 Å². The van der Waals surface area contributed by atoms with E-state index in [9.17, 15) is 13.6 Å². The van der Waals surface area contributed by atoms with Gasteiger partial charge in [0.05, 0.1) is 28.2 Å². The minimum atomic E-state index is -0.853. The van der Waals surface area contributed by atoms with Gasteiger partial charge in [-0.3, -0.25) is 4.57 Å². The van der Waals surface area contributed by atoms with Crippen molar-refractivity contribution in [1.82, 2.24) is 9.55 Å². The molecule has 0 spiro atoms. The van der Waals surface area contributed by atoms with Crippen LogP contribution >= 0.6 is 35.0 Å². The Kier molecular flexibility index (Phi) is 4.88. The second-order valence-electron chi connectivity index (χ2n) is 6.07. The Morgan fingerprint density at radius 2 is 2.00 bits per heavy atom. The lowest BCUT2D eigenvalue weighted by Crippen LogP contribution is -2.29. The smallest absolute Gasteiger partial charge is 0.348 e. The summed E-state index contributed by atoms with van der Waals surface area (Å²) in [6.07, 6.45) is 1.20. The summed E-state index contributed by atoms with van der Waals surface area (Å²) in [6, 6.07) is 3.55. The summed E-state index contributed by atoms with van der Waals surface area (Å²) in [5, 5.41) is 0.695. The van der Waals surface area contributed by atoms with Gasteiger partial charge in [0.15, 0.2) is 0 Å². The second-order valence-corrected chi connectivity index (χ2v) is 7.91. The third-order valence-corrected chi connectivity index (χ3v) is 6.28. The molecule has 4 nitrogen and oxygen atoms in total. The Morgan fingerprint density at radius 3 is 2.74 bits per heavy atom. The molecule has 2 aromatic carbocycles. The summed E-state index contributed by atoms with van der Waals surface area (Å²) in [5.41, 5.74) is 0.602. The lowest BCUT2D eigenvalue weighted by atomic mass is 10.0. The van der Waals surface area contributed by atoms with E-state index in [1.165, 1.54) is 28.6 Å². The van der Waals surface area contributed by atoms with Crippen molar-refractivity contribution in [2.24, 2.45) is 0 Å². The molecule has 1 aromatic heterocycles. The van der Waals surface area contributed by atoms with E-state index < -0.39 is 17.3 Å². The number of aromatic nitrogens is 2. The van der Waals surface area contributed by atoms with Crippen LogP contribution in [0.1, 0.15) is 0 Å². The largest absolute Gasteiger partial charge is 0.379 e. The predicted molar refractivity (Wildman–Crippen MR) is 103 cm³/mol. The molecule has 140 valence electrons. The highest BCUT2D eigenvalue weighted by Crippen LogP contribution is 2.45. The molecule has 0 N–H and O–H groups in total. The third-order valence-electron chi connectivity index (χ3n) is 4.46. The number of hydrogen-bond acceptors (Lipinski definition) is 4. The van der Waals surface area contributed by atoms with Crippen LogP contribution in [-0.4, -0.2) is 28.5 Å². The average Bonchev–Trinajstić information content (AvgIpc) is 2.83. The molecule has 4 rings (SSSR count). The second kappa shape index (κ2) is 7.05. The molecule has 2 heterocycles. The summed E-state index contributed by atoms with van der Waals surface area (Å²) in [6.45, 7) is 0.313. The zero-order valence-electron chi connectivity index (χ0n) is 13.9. The fraction of sp³-hybridized carbons (Fsp3) is 0.222. The van der Waals surface area contributed by atoms with Crippen molar-refractivity contribution >= 4 is 45.9 Å². The molecule has 0 amide bonds. The molecule has 0 aliphatic carbocycles. The Balaban J connectivity index is 2.10. The molecule has 1 atom stereocenters. The van der Waals surface area contributed by atoms with Crippen molar-refractivity contribution in [3.8, 4) is 11.1 Å². The summed E-state index contributed by atoms with van der Waals surface area (Å²) in [4.78, 5) is 16.9. The van der Waals surface area contributed by atoms with E-state index in [1.807, 2.05) is 0 Å². The number of ether oxygens (including phenoxy) is 1. The maximum atomic E-state index is 14.6. The highest BCUT2D eigenvalue weighted by atomic mass is 35.5. The van der Waals surface area contributed by atoms with Gasteiger partial charge in [0, 0.05) is 46.5 Å². The van der Waals surface area contributed by atoms with Crippen molar-refractivity contribution in [3.05, 3.63) is 56.6 Å². The molecular weight excluding hydrogens is 417 g/mol. The van der Waals surface area contributed by atoms with E-state index >= 15 is 0 Å². The summed E-state index contributed by atoms with van der Waals surface area (Å²) in [7, 11) is 1.56. The predicted octanol–water partition coefficient (Wildman–Crippen LogP) is 4.77. The first-order valence-electron chi connectivity index (χ1n) is 7.93. The first-order chi connectivity index (χ1) is 12.9. The zero-order chi connectivity index (χ0) is 19.3. The number of rotatable bonds is 2. The molecule has 3 aromatic rings. The molecular formula is C18H12Cl2F2N2O2S. The van der Waals surface area contributed by atoms with Crippen molar-refractivity contribution in [3.63, 3.8) is 0 Å². The maximum absolute atomic E-state index is 14.6. The number of hydrogen-bond donors (Lipinski definition) is 0. The molecule has 0 bridgehead atoms. The highest BCUT2D eigenvalue weighted by Gasteiger charge is 2.26. The summed E-state index contributed by atoms with van der Waals surface area (Å²) in [5.74, 6) is -1.12. The fourth-order valence-corrected chi connectivity index (χ4v) is 5.01. The standard InChI is InChI=1S/C18H12Cl2F2N2O2S/c1-26-9-6-24-16-8(5-23-18(24)25)2-12(20)15(17(16)27-7-9)10-3-11(19)14(22)4-13(10)21/h2-5,9H,6-7H2,1H3. The fourth-order valence-electron chi connectivity index (χ4n) is 3.15. The Labute approximate surface area is 167 Å². The Morgan fingerprint density at radius 1 is 1.22 bits per heavy atom. The molecule has 1 aliphatic heterocycles. The SMILES string of the molecule is COC1CSc2c(-c3cc(Cl)c(F)cc3F)c(Cl)cc3cnc(=O)n(c23)C1. The van der Waals surface area contributed by atoms with E-state index in [4.69, 9.17) is 27.9 Å². The monoisotopic (exact) mass is 428 g/mol. The van der Waals surface area contributed by atoms with Crippen LogP contribution in [0.4, 0.5) is 8.78 Å². The van der Waals surface area contributed by atoms with Gasteiger partial charge in [-0.05, 0) is 12.1 Å². The van der Waals surface area contributed by atoms with Gasteiger partial charge >= 0.3 is 5.69 Å². The van der Waals surface area contributed by atoms with Gasteiger partial charge in [-0.25, -0.2) is 18.6 Å². The van der Waals surface area contributed by atoms with Crippen LogP contribution in [-0.2, 0) is 11.3 Å². The topological polar surface area (TPSA) is 44.1 Å². The minimum Gasteiger partial charge on any atom is -0.379 e. The van der Waals surface area contributed by atoms with Crippen LogP contribution in [0.5, 0.6) is 0 Å². The first kappa shape index (κ1) is 18.7. The van der Waals surface area contributed by atoms with Gasteiger partial charge in [0.25, 0.3) is 0 Å². The number of thioether (sulfide) groups is 1. The van der Waals surface area contributed by atoms with Gasteiger partial charge in [-0.15, -0.1) is 11.8 Å². The van der Waals surface area contributed by atoms with Gasteiger partial charge in [0.1, 0.15) is 11.6 Å². The normalized spacial score (nSPS) is 16.6. The molecule has 1 unspecified atom stereocenters. The summed E-state index contributed by atoms with van der Waals surface area (Å²) < 4.78 is 35.1. The molecule has 9 heteroatoms. The van der Waals surface area contributed by atoms with Crippen LogP contribution in [0.25, 0.3) is 22.0 Å². The highest BCUT2D eigenvalue weighted by molar-refractivity contribution is 7.99. The lowest BCUT2D eigenvalue weighted by molar-refractivity contribution is 0.107. The van der Waals surface area contributed by atoms with E-state index in [0.29, 0.717) is 33.7 Å². The first-order valence-corrected chi connectivity index (χ1v) is 9.67. The molecule has 0 saturated carbocycles. The van der Waals surface area contributed by atoms with Crippen molar-refractivity contribution in [2.45, 2.75) is 17.5 Å². The molecule has 0 saturated heterocycles. The third kappa shape index (κ3) is 3.12. The quantitative estimate of drug-likeness (QED) is 0.551. The number of benzene rings is 2. The van der Waals surface area contributed by atoms with E-state index in [-0.39, 0.29) is 21.7 Å². The van der Waals surface area contributed by atoms with Crippen LogP contribution < -0.4 is 5.69 Å². The van der Waals surface area contributed by atoms with Crippen LogP contribution in [0.15, 0.2) is 34.1 Å². The number of halogens is 4. The average molecular weight is 429 g/mol. The van der Waals surface area contributed by atoms with Crippen molar-refractivity contribution in [1.29, 1.82) is 0 Å². The van der Waals surface area contributed by atoms with Gasteiger partial charge in [-0.2, -0.15) is 0 Å². The number of methoxy groups -OCH3 is 1. The zero-order valence-corrected chi connectivity index (χ0v) is 16.3. The molecule has 27 heavy (non-hydrogen) atoms. The van der Waals surface area contributed by atoms with Crippen molar-refractivity contribution < 1.29 is 13.5 Å². The summed E-state index contributed by atoms with van der Waals surface area (Å²) >= 11 is 13.7. The molecule has 1 aliphatic rings. The van der Waals surface area contributed by atoms with Gasteiger partial charge in [-0.1, -0.05) is 23.2 Å². The van der Waals surface area contributed by atoms with Crippen molar-refractivity contribution in [2.75, 3.05) is 12.9 Å². The van der Waals surface area contributed by atoms with E-state index in [2.05, 4.69) is 4.98 Å². The molecule has 0 fully saturated rings. The molecule has 0 radical (unpaired) electrons. The minimum absolute atomic E-state index is 0.0717. The maximum Gasteiger partial charge on any atom is 0.348 e. The van der Waals surface area contributed by atoms with Crippen LogP contribution in [0, 0.1) is 11.6 Å². The lowest BCUT2D eigenvalue weighted by Gasteiger charge is -2.16. The van der Waals surface area contributed by atoms with E-state index in [1.54, 1.807) is 13.2 Å². The van der Waals surface area contributed by atoms with Gasteiger partial charge < -0.3 is 4.74 Å². The number of nitrogens with zero attached hydrogens (tertiary/aromatic N) is 2. The Bertz CT molecular complexity index is 1140. The van der Waals surface area contributed by atoms with Crippen LogP contribution in [0.2, 0.25) is 10.0 Å².